The number of ether oxygens (including phenoxy) is 1. The van der Waals surface area contributed by atoms with Gasteiger partial charge in [-0.15, -0.1) is 0 Å². The highest BCUT2D eigenvalue weighted by molar-refractivity contribution is 5.41. The molecule has 1 aromatic rings. The Labute approximate surface area is 83.9 Å². The highest BCUT2D eigenvalue weighted by Gasteiger charge is 2.11. The first-order valence-corrected chi connectivity index (χ1v) is 4.78. The van der Waals surface area contributed by atoms with E-state index in [1.54, 1.807) is 6.07 Å². The zero-order valence-corrected chi connectivity index (χ0v) is 8.64. The van der Waals surface area contributed by atoms with Crippen molar-refractivity contribution in [2.24, 2.45) is 5.73 Å². The maximum absolute atomic E-state index is 13.3. The minimum Gasteiger partial charge on any atom is -0.493 e. The van der Waals surface area contributed by atoms with E-state index in [9.17, 15) is 4.39 Å². The number of hydrogen-bond acceptors (Lipinski definition) is 2. The molecule has 0 unspecified atom stereocenters. The summed E-state index contributed by atoms with van der Waals surface area (Å²) >= 11 is 0. The molecule has 0 bridgehead atoms. The molecule has 2 N–H and O–H groups in total. The molecule has 2 nitrogen and oxygen atoms in total. The zero-order chi connectivity index (χ0) is 10.6. The second kappa shape index (κ2) is 4.96. The van der Waals surface area contributed by atoms with Crippen molar-refractivity contribution < 1.29 is 9.13 Å². The summed E-state index contributed by atoms with van der Waals surface area (Å²) in [6.45, 7) is 2.55. The van der Waals surface area contributed by atoms with Gasteiger partial charge in [-0.2, -0.15) is 0 Å². The van der Waals surface area contributed by atoms with Crippen LogP contribution >= 0.6 is 0 Å². The fourth-order valence-corrected chi connectivity index (χ4v) is 1.64. The van der Waals surface area contributed by atoms with Gasteiger partial charge in [0.05, 0.1) is 7.11 Å². The molecule has 0 saturated heterocycles. The van der Waals surface area contributed by atoms with Gasteiger partial charge >= 0.3 is 0 Å². The maximum atomic E-state index is 13.3. The highest BCUT2D eigenvalue weighted by Crippen LogP contribution is 2.26. The Balaban J connectivity index is 3.18. The number of benzene rings is 1. The van der Waals surface area contributed by atoms with Crippen molar-refractivity contribution in [3.05, 3.63) is 29.1 Å². The lowest BCUT2D eigenvalue weighted by atomic mass is 10.0. The Bertz CT molecular complexity index is 312. The molecule has 14 heavy (non-hydrogen) atoms. The zero-order valence-electron chi connectivity index (χ0n) is 8.64. The average molecular weight is 197 g/mol. The van der Waals surface area contributed by atoms with Gasteiger partial charge in [-0.1, -0.05) is 13.0 Å². The summed E-state index contributed by atoms with van der Waals surface area (Å²) in [5, 5.41) is 0. The second-order valence-corrected chi connectivity index (χ2v) is 3.11. The fourth-order valence-electron chi connectivity index (χ4n) is 1.64. The van der Waals surface area contributed by atoms with E-state index in [4.69, 9.17) is 10.5 Å². The van der Waals surface area contributed by atoms with Crippen molar-refractivity contribution in [3.8, 4) is 5.75 Å². The highest BCUT2D eigenvalue weighted by atomic mass is 19.1. The molecule has 0 fully saturated rings. The lowest BCUT2D eigenvalue weighted by Crippen LogP contribution is -2.07. The van der Waals surface area contributed by atoms with Crippen LogP contribution in [0.4, 0.5) is 4.39 Å². The number of hydrogen-bond donors (Lipinski definition) is 1. The van der Waals surface area contributed by atoms with Crippen LogP contribution < -0.4 is 10.5 Å². The summed E-state index contributed by atoms with van der Waals surface area (Å²) in [4.78, 5) is 0. The van der Waals surface area contributed by atoms with Crippen LogP contribution in [0, 0.1) is 5.82 Å². The van der Waals surface area contributed by atoms with Gasteiger partial charge in [-0.3, -0.25) is 0 Å². The van der Waals surface area contributed by atoms with E-state index in [2.05, 4.69) is 0 Å². The van der Waals surface area contributed by atoms with Crippen molar-refractivity contribution in [1.82, 2.24) is 0 Å². The summed E-state index contributed by atoms with van der Waals surface area (Å²) in [5.41, 5.74) is 7.48. The van der Waals surface area contributed by atoms with Gasteiger partial charge in [0.25, 0.3) is 0 Å². The van der Waals surface area contributed by atoms with Gasteiger partial charge < -0.3 is 10.5 Å². The molecule has 0 spiro atoms. The van der Waals surface area contributed by atoms with Gasteiger partial charge in [0.2, 0.25) is 0 Å². The van der Waals surface area contributed by atoms with Crippen LogP contribution in [0.5, 0.6) is 5.75 Å². The Hall–Kier alpha value is -1.09. The van der Waals surface area contributed by atoms with Crippen LogP contribution in [0.1, 0.15) is 18.1 Å². The van der Waals surface area contributed by atoms with Crippen molar-refractivity contribution in [2.75, 3.05) is 13.7 Å². The first-order valence-electron chi connectivity index (χ1n) is 4.78. The third-order valence-corrected chi connectivity index (χ3v) is 2.28. The first kappa shape index (κ1) is 11.0. The molecule has 0 radical (unpaired) electrons. The predicted octanol–water partition coefficient (Wildman–Crippen LogP) is 1.90. The topological polar surface area (TPSA) is 35.2 Å². The summed E-state index contributed by atoms with van der Waals surface area (Å²) in [7, 11) is 1.49. The fraction of sp³-hybridized carbons (Fsp3) is 0.455. The van der Waals surface area contributed by atoms with Crippen molar-refractivity contribution in [2.45, 2.75) is 19.8 Å². The standard InChI is InChI=1S/C11H16FNO/c1-3-9-8(6-7-13)4-5-10(12)11(9)14-2/h4-5H,3,6-7,13H2,1-2H3. The smallest absolute Gasteiger partial charge is 0.165 e. The first-order chi connectivity index (χ1) is 6.74. The van der Waals surface area contributed by atoms with Gasteiger partial charge in [-0.05, 0) is 31.0 Å². The predicted molar refractivity (Wildman–Crippen MR) is 55.1 cm³/mol. The minimum absolute atomic E-state index is 0.301. The molecule has 0 saturated carbocycles. The summed E-state index contributed by atoms with van der Waals surface area (Å²) in [6.07, 6.45) is 1.52. The number of nitrogens with two attached hydrogens (primary N) is 1. The Morgan fingerprint density at radius 3 is 2.64 bits per heavy atom. The van der Waals surface area contributed by atoms with Gasteiger partial charge in [-0.25, -0.2) is 4.39 Å². The molecule has 3 heteroatoms. The molecular weight excluding hydrogens is 181 g/mol. The van der Waals surface area contributed by atoms with Crippen LogP contribution in [0.3, 0.4) is 0 Å². The monoisotopic (exact) mass is 197 g/mol. The van der Waals surface area contributed by atoms with Crippen molar-refractivity contribution in [3.63, 3.8) is 0 Å². The molecule has 78 valence electrons. The Morgan fingerprint density at radius 2 is 2.14 bits per heavy atom. The number of halogens is 1. The average Bonchev–Trinajstić information content (AvgIpc) is 2.20. The molecule has 0 aliphatic heterocycles. The van der Waals surface area contributed by atoms with E-state index >= 15 is 0 Å². The third-order valence-electron chi connectivity index (χ3n) is 2.28. The number of rotatable bonds is 4. The molecule has 1 rings (SSSR count). The van der Waals surface area contributed by atoms with Crippen LogP contribution in [0.2, 0.25) is 0 Å². The molecular formula is C11H16FNO. The lowest BCUT2D eigenvalue weighted by Gasteiger charge is -2.12. The van der Waals surface area contributed by atoms with E-state index < -0.39 is 0 Å². The summed E-state index contributed by atoms with van der Waals surface area (Å²) in [5.74, 6) is 0.0589. The second-order valence-electron chi connectivity index (χ2n) is 3.11. The third kappa shape index (κ3) is 2.04. The molecule has 0 aromatic heterocycles. The van der Waals surface area contributed by atoms with E-state index in [0.29, 0.717) is 12.3 Å². The molecule has 0 aliphatic carbocycles. The van der Waals surface area contributed by atoms with Gasteiger partial charge in [0.1, 0.15) is 0 Å². The lowest BCUT2D eigenvalue weighted by molar-refractivity contribution is 0.381. The van der Waals surface area contributed by atoms with Crippen LogP contribution in [-0.4, -0.2) is 13.7 Å². The molecule has 0 heterocycles. The van der Waals surface area contributed by atoms with Gasteiger partial charge in [0.15, 0.2) is 11.6 Å². The SMILES string of the molecule is CCc1c(CCN)ccc(F)c1OC. The van der Waals surface area contributed by atoms with E-state index in [-0.39, 0.29) is 5.82 Å². The summed E-state index contributed by atoms with van der Waals surface area (Å²) < 4.78 is 18.3. The molecule has 0 aliphatic rings. The largest absolute Gasteiger partial charge is 0.493 e. The Morgan fingerprint density at radius 1 is 1.43 bits per heavy atom. The molecule has 0 amide bonds. The molecule has 0 atom stereocenters. The van der Waals surface area contributed by atoms with E-state index in [1.807, 2.05) is 6.92 Å². The number of methoxy groups -OCH3 is 1. The quantitative estimate of drug-likeness (QED) is 0.800. The van der Waals surface area contributed by atoms with E-state index in [0.717, 1.165) is 24.0 Å². The van der Waals surface area contributed by atoms with Crippen LogP contribution in [0.15, 0.2) is 12.1 Å². The normalized spacial score (nSPS) is 10.3. The van der Waals surface area contributed by atoms with Crippen LogP contribution in [0.25, 0.3) is 0 Å². The van der Waals surface area contributed by atoms with Crippen LogP contribution in [-0.2, 0) is 12.8 Å². The van der Waals surface area contributed by atoms with Crippen molar-refractivity contribution >= 4 is 0 Å². The minimum atomic E-state index is -0.301. The maximum Gasteiger partial charge on any atom is 0.165 e. The van der Waals surface area contributed by atoms with Gasteiger partial charge in [0, 0.05) is 5.56 Å². The Kier molecular flexibility index (Phi) is 3.89. The molecule has 1 aromatic carbocycles. The van der Waals surface area contributed by atoms with Crippen molar-refractivity contribution in [1.29, 1.82) is 0 Å². The summed E-state index contributed by atoms with van der Waals surface area (Å²) in [6, 6.07) is 3.21. The van der Waals surface area contributed by atoms with E-state index in [1.165, 1.54) is 13.2 Å².